The first-order valence-corrected chi connectivity index (χ1v) is 13.7. The maximum atomic E-state index is 14.7. The van der Waals surface area contributed by atoms with Crippen molar-refractivity contribution < 1.29 is 53.1 Å². The number of alkyl halides is 6. The van der Waals surface area contributed by atoms with Crippen LogP contribution >= 0.6 is 0 Å². The highest BCUT2D eigenvalue weighted by molar-refractivity contribution is 7.90. The molecule has 1 aromatic carbocycles. The Labute approximate surface area is 222 Å². The van der Waals surface area contributed by atoms with Gasteiger partial charge in [0.05, 0.1) is 28.0 Å². The molecule has 2 aromatic rings. The van der Waals surface area contributed by atoms with Crippen LogP contribution in [0.3, 0.4) is 0 Å². The van der Waals surface area contributed by atoms with E-state index in [4.69, 9.17) is 0 Å². The van der Waals surface area contributed by atoms with Gasteiger partial charge in [-0.25, -0.2) is 17.2 Å². The average Bonchev–Trinajstić information content (AvgIpc) is 3.57. The molecule has 2 fully saturated rings. The Balaban J connectivity index is 1.68. The fraction of sp³-hybridized carbons (Fsp3) is 0.458. The number of benzene rings is 1. The molecule has 3 atom stereocenters. The van der Waals surface area contributed by atoms with Crippen LogP contribution in [-0.4, -0.2) is 55.1 Å². The first-order chi connectivity index (χ1) is 18.4. The van der Waals surface area contributed by atoms with Crippen molar-refractivity contribution in [2.45, 2.75) is 48.6 Å². The van der Waals surface area contributed by atoms with Crippen LogP contribution in [0.1, 0.15) is 46.8 Å². The second-order valence-corrected chi connectivity index (χ2v) is 11.8. The van der Waals surface area contributed by atoms with Gasteiger partial charge < -0.3 is 10.2 Å². The Hall–Kier alpha value is -3.30. The summed E-state index contributed by atoms with van der Waals surface area (Å²) in [6.07, 6.45) is -7.55. The van der Waals surface area contributed by atoms with E-state index in [1.54, 1.807) is 0 Å². The van der Waals surface area contributed by atoms with Gasteiger partial charge in [-0.05, 0) is 43.4 Å². The van der Waals surface area contributed by atoms with E-state index in [0.717, 1.165) is 24.7 Å². The summed E-state index contributed by atoms with van der Waals surface area (Å²) in [5.74, 6) is -8.80. The molecular weight excluding hydrogens is 578 g/mol. The molecule has 1 aromatic heterocycles. The van der Waals surface area contributed by atoms with Crippen molar-refractivity contribution in [1.29, 1.82) is 0 Å². The summed E-state index contributed by atoms with van der Waals surface area (Å²) in [6, 6.07) is -2.59. The molecule has 4 rings (SSSR count). The van der Waals surface area contributed by atoms with Crippen molar-refractivity contribution in [3.8, 4) is 0 Å². The molecule has 0 bridgehead atoms. The van der Waals surface area contributed by atoms with E-state index in [-0.39, 0.29) is 17.0 Å². The first kappa shape index (κ1) is 29.7. The van der Waals surface area contributed by atoms with E-state index in [2.05, 4.69) is 10.3 Å². The molecule has 1 aliphatic heterocycles. The standard InChI is InChI=1S/C24H21F8N3O4S/c1-40(38,39)13-6-12(9-33-10-13)22(37)35-5-4-15(23(27,28)29)20(35)21(36)34-19(11-2-3-11)14-7-18(26)16(8-17(14)25)24(30,31)32/h6-11,15,19-20H,2-5H2,1H3,(H,34,36)/t15?,19-,20?/m1/s1. The molecule has 16 heteroatoms. The van der Waals surface area contributed by atoms with Crippen LogP contribution in [0.25, 0.3) is 0 Å². The average molecular weight is 600 g/mol. The quantitative estimate of drug-likeness (QED) is 0.496. The molecule has 2 amide bonds. The minimum atomic E-state index is -5.21. The van der Waals surface area contributed by atoms with Crippen molar-refractivity contribution in [1.82, 2.24) is 15.2 Å². The number of rotatable bonds is 6. The van der Waals surface area contributed by atoms with E-state index < -0.39 is 99.2 Å². The first-order valence-electron chi connectivity index (χ1n) is 11.8. The fourth-order valence-electron chi connectivity index (χ4n) is 4.73. The van der Waals surface area contributed by atoms with Crippen LogP contribution in [0.4, 0.5) is 35.1 Å². The third-order valence-corrected chi connectivity index (χ3v) is 7.93. The number of sulfone groups is 1. The summed E-state index contributed by atoms with van der Waals surface area (Å²) in [6.45, 7) is -0.554. The Morgan fingerprint density at radius 2 is 1.65 bits per heavy atom. The van der Waals surface area contributed by atoms with Crippen LogP contribution < -0.4 is 5.32 Å². The number of likely N-dealkylation sites (tertiary alicyclic amines) is 1. The summed E-state index contributed by atoms with van der Waals surface area (Å²) < 4.78 is 133. The molecule has 40 heavy (non-hydrogen) atoms. The topological polar surface area (TPSA) is 96.4 Å². The lowest BCUT2D eigenvalue weighted by atomic mass is 9.95. The van der Waals surface area contributed by atoms with E-state index in [1.807, 2.05) is 0 Å². The van der Waals surface area contributed by atoms with Gasteiger partial charge in [0.15, 0.2) is 9.84 Å². The zero-order valence-electron chi connectivity index (χ0n) is 20.5. The summed E-state index contributed by atoms with van der Waals surface area (Å²) >= 11 is 0. The zero-order valence-corrected chi connectivity index (χ0v) is 21.3. The maximum absolute atomic E-state index is 14.7. The Morgan fingerprint density at radius 3 is 2.20 bits per heavy atom. The SMILES string of the molecule is CS(=O)(=O)c1cncc(C(=O)N2CCC(C(F)(F)F)C2C(=O)N[C@@H](c2cc(F)c(C(F)(F)F)cc2F)C2CC2)c1. The number of halogens is 8. The smallest absolute Gasteiger partial charge is 0.347 e. The van der Waals surface area contributed by atoms with E-state index in [1.165, 1.54) is 0 Å². The summed E-state index contributed by atoms with van der Waals surface area (Å²) in [7, 11) is -3.84. The van der Waals surface area contributed by atoms with Crippen LogP contribution in [0, 0.1) is 23.5 Å². The van der Waals surface area contributed by atoms with Crippen LogP contribution in [-0.2, 0) is 20.8 Å². The molecule has 2 unspecified atom stereocenters. The van der Waals surface area contributed by atoms with Gasteiger partial charge in [0, 0.05) is 30.8 Å². The molecule has 0 radical (unpaired) electrons. The monoisotopic (exact) mass is 599 g/mol. The predicted octanol–water partition coefficient (Wildman–Crippen LogP) is 4.44. The lowest BCUT2D eigenvalue weighted by molar-refractivity contribution is -0.182. The number of carbonyl (C=O) groups is 2. The number of nitrogens with one attached hydrogen (secondary N) is 1. The van der Waals surface area contributed by atoms with Gasteiger partial charge in [0.1, 0.15) is 17.7 Å². The highest BCUT2D eigenvalue weighted by Gasteiger charge is 2.55. The number of amides is 2. The van der Waals surface area contributed by atoms with Gasteiger partial charge in [-0.15, -0.1) is 0 Å². The Bertz CT molecular complexity index is 1440. The van der Waals surface area contributed by atoms with Crippen molar-refractivity contribution in [2.24, 2.45) is 11.8 Å². The Morgan fingerprint density at radius 1 is 1.00 bits per heavy atom. The minimum Gasteiger partial charge on any atom is -0.347 e. The molecule has 218 valence electrons. The summed E-state index contributed by atoms with van der Waals surface area (Å²) in [4.78, 5) is 30.3. The van der Waals surface area contributed by atoms with Gasteiger partial charge in [0.2, 0.25) is 5.91 Å². The van der Waals surface area contributed by atoms with Crippen molar-refractivity contribution in [3.05, 3.63) is 58.9 Å². The normalized spacial score (nSPS) is 20.9. The van der Waals surface area contributed by atoms with E-state index in [9.17, 15) is 53.1 Å². The minimum absolute atomic E-state index is 0.0854. The highest BCUT2D eigenvalue weighted by Crippen LogP contribution is 2.44. The molecule has 0 spiro atoms. The number of hydrogen-bond donors (Lipinski definition) is 1. The summed E-state index contributed by atoms with van der Waals surface area (Å²) in [5, 5.41) is 2.21. The van der Waals surface area contributed by atoms with E-state index in [0.29, 0.717) is 17.7 Å². The predicted molar refractivity (Wildman–Crippen MR) is 121 cm³/mol. The van der Waals surface area contributed by atoms with Gasteiger partial charge in [-0.2, -0.15) is 26.3 Å². The molecule has 7 nitrogen and oxygen atoms in total. The number of pyridine rings is 1. The van der Waals surface area contributed by atoms with Crippen LogP contribution in [0.15, 0.2) is 35.5 Å². The molecular formula is C24H21F8N3O4S. The largest absolute Gasteiger partial charge is 0.419 e. The van der Waals surface area contributed by atoms with Crippen molar-refractivity contribution >= 4 is 21.7 Å². The van der Waals surface area contributed by atoms with Crippen LogP contribution in [0.5, 0.6) is 0 Å². The summed E-state index contributed by atoms with van der Waals surface area (Å²) in [5.41, 5.74) is -2.96. The molecule has 2 heterocycles. The third-order valence-electron chi connectivity index (χ3n) is 6.85. The lowest BCUT2D eigenvalue weighted by Crippen LogP contribution is -2.52. The van der Waals surface area contributed by atoms with Crippen molar-refractivity contribution in [2.75, 3.05) is 12.8 Å². The second kappa shape index (κ2) is 10.3. The number of hydrogen-bond acceptors (Lipinski definition) is 5. The van der Waals surface area contributed by atoms with Crippen molar-refractivity contribution in [3.63, 3.8) is 0 Å². The van der Waals surface area contributed by atoms with Gasteiger partial charge in [-0.1, -0.05) is 0 Å². The molecule has 2 aliphatic rings. The molecule has 1 saturated heterocycles. The zero-order chi connectivity index (χ0) is 29.8. The number of nitrogens with zero attached hydrogens (tertiary/aromatic N) is 2. The third kappa shape index (κ3) is 6.05. The number of aromatic nitrogens is 1. The maximum Gasteiger partial charge on any atom is 0.419 e. The molecule has 1 saturated carbocycles. The highest BCUT2D eigenvalue weighted by atomic mass is 32.2. The fourth-order valence-corrected chi connectivity index (χ4v) is 5.32. The molecule has 1 N–H and O–H groups in total. The van der Waals surface area contributed by atoms with Crippen LogP contribution in [0.2, 0.25) is 0 Å². The molecule has 1 aliphatic carbocycles. The van der Waals surface area contributed by atoms with Gasteiger partial charge in [0.25, 0.3) is 5.91 Å². The lowest BCUT2D eigenvalue weighted by Gasteiger charge is -2.30. The van der Waals surface area contributed by atoms with Gasteiger partial charge >= 0.3 is 12.4 Å². The van der Waals surface area contributed by atoms with Gasteiger partial charge in [-0.3, -0.25) is 14.6 Å². The Kier molecular flexibility index (Phi) is 7.62. The van der Waals surface area contributed by atoms with E-state index >= 15 is 0 Å². The second-order valence-electron chi connectivity index (χ2n) is 9.74. The number of carbonyl (C=O) groups excluding carboxylic acids is 2.